The van der Waals surface area contributed by atoms with Gasteiger partial charge < -0.3 is 5.48 Å². The first kappa shape index (κ1) is 15.4. The van der Waals surface area contributed by atoms with Crippen LogP contribution in [0.5, 0.6) is 0 Å². The van der Waals surface area contributed by atoms with Gasteiger partial charge in [-0.3, -0.25) is 0 Å². The summed E-state index contributed by atoms with van der Waals surface area (Å²) in [5, 5.41) is 0. The fourth-order valence-corrected chi connectivity index (χ4v) is 1.43. The molecule has 0 heterocycles. The van der Waals surface area contributed by atoms with E-state index in [9.17, 15) is 0 Å². The van der Waals surface area contributed by atoms with Gasteiger partial charge >= 0.3 is 0 Å². The van der Waals surface area contributed by atoms with Gasteiger partial charge in [-0.25, -0.2) is 0 Å². The Hall–Kier alpha value is -1.60. The van der Waals surface area contributed by atoms with E-state index >= 15 is 0 Å². The molecule has 0 saturated carbocycles. The number of aryl methyl sites for hydroxylation is 2. The van der Waals surface area contributed by atoms with Crippen LogP contribution in [0.1, 0.15) is 25.0 Å². The lowest BCUT2D eigenvalue weighted by atomic mass is 10.2. The summed E-state index contributed by atoms with van der Waals surface area (Å²) < 4.78 is 0. The topological polar surface area (TPSA) is 31.5 Å². The normalized spacial score (nSPS) is 8.59. The molecular formula is C16H22O. The predicted octanol–water partition coefficient (Wildman–Crippen LogP) is 3.67. The van der Waals surface area contributed by atoms with Gasteiger partial charge in [0.2, 0.25) is 0 Å². The second-order valence-corrected chi connectivity index (χ2v) is 3.68. The van der Waals surface area contributed by atoms with Crippen LogP contribution >= 0.6 is 0 Å². The molecule has 2 aromatic carbocycles. The quantitative estimate of drug-likeness (QED) is 0.754. The molecule has 92 valence electrons. The Morgan fingerprint density at radius 3 is 1.06 bits per heavy atom. The van der Waals surface area contributed by atoms with Gasteiger partial charge in [-0.2, -0.15) is 0 Å². The summed E-state index contributed by atoms with van der Waals surface area (Å²) in [7, 11) is 0. The van der Waals surface area contributed by atoms with E-state index in [0.29, 0.717) is 0 Å². The molecule has 0 aliphatic rings. The Morgan fingerprint density at radius 2 is 0.882 bits per heavy atom. The minimum Gasteiger partial charge on any atom is -0.412 e. The van der Waals surface area contributed by atoms with Crippen molar-refractivity contribution in [3.8, 4) is 0 Å². The molecule has 0 bridgehead atoms. The number of benzene rings is 2. The summed E-state index contributed by atoms with van der Waals surface area (Å²) >= 11 is 0. The maximum absolute atomic E-state index is 2.16. The van der Waals surface area contributed by atoms with Gasteiger partial charge in [-0.1, -0.05) is 74.5 Å². The first-order valence-corrected chi connectivity index (χ1v) is 5.94. The Kier molecular flexibility index (Phi) is 8.71. The third-order valence-electron chi connectivity index (χ3n) is 2.50. The highest BCUT2D eigenvalue weighted by Crippen LogP contribution is 1.97. The van der Waals surface area contributed by atoms with Gasteiger partial charge in [0, 0.05) is 0 Å². The molecule has 1 nitrogen and oxygen atoms in total. The smallest absolute Gasteiger partial charge is 0.0307 e. The zero-order valence-corrected chi connectivity index (χ0v) is 10.7. The first-order chi connectivity index (χ1) is 7.86. The highest BCUT2D eigenvalue weighted by molar-refractivity contribution is 5.14. The highest BCUT2D eigenvalue weighted by atomic mass is 16.0. The fraction of sp³-hybridized carbons (Fsp3) is 0.250. The van der Waals surface area contributed by atoms with Gasteiger partial charge in [0.15, 0.2) is 0 Å². The average Bonchev–Trinajstić information content (AvgIpc) is 2.41. The summed E-state index contributed by atoms with van der Waals surface area (Å²) in [6.07, 6.45) is 2.28. The molecule has 2 aromatic rings. The summed E-state index contributed by atoms with van der Waals surface area (Å²) in [6.45, 7) is 4.32. The van der Waals surface area contributed by atoms with Crippen molar-refractivity contribution in [2.75, 3.05) is 0 Å². The maximum atomic E-state index is 2.16. The van der Waals surface area contributed by atoms with E-state index in [-0.39, 0.29) is 5.48 Å². The highest BCUT2D eigenvalue weighted by Gasteiger charge is 1.80. The molecule has 0 unspecified atom stereocenters. The Morgan fingerprint density at radius 1 is 0.588 bits per heavy atom. The molecule has 0 spiro atoms. The van der Waals surface area contributed by atoms with Crippen molar-refractivity contribution in [2.45, 2.75) is 26.7 Å². The lowest BCUT2D eigenvalue weighted by Crippen LogP contribution is -1.73. The SMILES string of the molecule is CCc1ccccc1.CCc1ccccc1.O. The van der Waals surface area contributed by atoms with Crippen molar-refractivity contribution >= 4 is 0 Å². The zero-order chi connectivity index (χ0) is 11.6. The van der Waals surface area contributed by atoms with Gasteiger partial charge in [0.25, 0.3) is 0 Å². The molecule has 0 atom stereocenters. The average molecular weight is 230 g/mol. The van der Waals surface area contributed by atoms with Crippen LogP contribution < -0.4 is 0 Å². The second kappa shape index (κ2) is 9.61. The number of hydrogen-bond acceptors (Lipinski definition) is 0. The van der Waals surface area contributed by atoms with Crippen LogP contribution in [0, 0.1) is 0 Å². The molecule has 2 N–H and O–H groups in total. The minimum absolute atomic E-state index is 0. The molecule has 2 rings (SSSR count). The van der Waals surface area contributed by atoms with E-state index in [1.807, 2.05) is 12.1 Å². The predicted molar refractivity (Wildman–Crippen MR) is 75.3 cm³/mol. The lowest BCUT2D eigenvalue weighted by molar-refractivity contribution is 0.824. The van der Waals surface area contributed by atoms with E-state index in [2.05, 4.69) is 62.4 Å². The van der Waals surface area contributed by atoms with Crippen LogP contribution in [-0.4, -0.2) is 5.48 Å². The van der Waals surface area contributed by atoms with Gasteiger partial charge in [-0.05, 0) is 24.0 Å². The molecule has 17 heavy (non-hydrogen) atoms. The summed E-state index contributed by atoms with van der Waals surface area (Å²) in [5.41, 5.74) is 2.82. The molecule has 0 amide bonds. The van der Waals surface area contributed by atoms with Crippen molar-refractivity contribution in [2.24, 2.45) is 0 Å². The van der Waals surface area contributed by atoms with Crippen molar-refractivity contribution in [3.63, 3.8) is 0 Å². The molecule has 0 aliphatic heterocycles. The van der Waals surface area contributed by atoms with E-state index in [0.717, 1.165) is 12.8 Å². The minimum atomic E-state index is 0. The standard InChI is InChI=1S/2C8H10.H2O/c2*1-2-8-6-4-3-5-7-8;/h2*3-7H,2H2,1H3;1H2. The third-order valence-corrected chi connectivity index (χ3v) is 2.50. The van der Waals surface area contributed by atoms with E-state index in [4.69, 9.17) is 0 Å². The van der Waals surface area contributed by atoms with E-state index < -0.39 is 0 Å². The second-order valence-electron chi connectivity index (χ2n) is 3.68. The zero-order valence-electron chi connectivity index (χ0n) is 10.7. The van der Waals surface area contributed by atoms with Crippen LogP contribution in [0.2, 0.25) is 0 Å². The van der Waals surface area contributed by atoms with Crippen LogP contribution in [0.3, 0.4) is 0 Å². The van der Waals surface area contributed by atoms with Crippen molar-refractivity contribution in [3.05, 3.63) is 71.8 Å². The number of hydrogen-bond donors (Lipinski definition) is 0. The van der Waals surface area contributed by atoms with Crippen LogP contribution in [0.15, 0.2) is 60.7 Å². The molecule has 0 aliphatic carbocycles. The Bertz CT molecular complexity index is 328. The number of rotatable bonds is 2. The molecule has 0 aromatic heterocycles. The fourth-order valence-electron chi connectivity index (χ4n) is 1.43. The molecule has 0 saturated heterocycles. The molecular weight excluding hydrogens is 208 g/mol. The van der Waals surface area contributed by atoms with E-state index in [1.165, 1.54) is 11.1 Å². The maximum Gasteiger partial charge on any atom is -0.0307 e. The van der Waals surface area contributed by atoms with Gasteiger partial charge in [-0.15, -0.1) is 0 Å². The lowest BCUT2D eigenvalue weighted by Gasteiger charge is -1.89. The third kappa shape index (κ3) is 6.54. The largest absolute Gasteiger partial charge is 0.412 e. The van der Waals surface area contributed by atoms with Crippen molar-refractivity contribution < 1.29 is 5.48 Å². The Labute approximate surface area is 104 Å². The van der Waals surface area contributed by atoms with Crippen LogP contribution in [0.25, 0.3) is 0 Å². The van der Waals surface area contributed by atoms with Gasteiger partial charge in [0.1, 0.15) is 0 Å². The first-order valence-electron chi connectivity index (χ1n) is 5.94. The van der Waals surface area contributed by atoms with Crippen LogP contribution in [-0.2, 0) is 12.8 Å². The Balaban J connectivity index is 0.000000284. The summed E-state index contributed by atoms with van der Waals surface area (Å²) in [4.78, 5) is 0. The molecule has 0 radical (unpaired) electrons. The van der Waals surface area contributed by atoms with Crippen LogP contribution in [0.4, 0.5) is 0 Å². The van der Waals surface area contributed by atoms with Crippen molar-refractivity contribution in [1.82, 2.24) is 0 Å². The van der Waals surface area contributed by atoms with Gasteiger partial charge in [0.05, 0.1) is 0 Å². The van der Waals surface area contributed by atoms with Crippen molar-refractivity contribution in [1.29, 1.82) is 0 Å². The monoisotopic (exact) mass is 230 g/mol. The summed E-state index contributed by atoms with van der Waals surface area (Å²) in [6, 6.07) is 20.9. The van der Waals surface area contributed by atoms with E-state index in [1.54, 1.807) is 0 Å². The molecule has 0 fully saturated rings. The summed E-state index contributed by atoms with van der Waals surface area (Å²) in [5.74, 6) is 0. The molecule has 1 heteroatoms.